The first kappa shape index (κ1) is 11.2. The van der Waals surface area contributed by atoms with Crippen molar-refractivity contribution in [3.8, 4) is 11.4 Å². The topological polar surface area (TPSA) is 37.8 Å². The summed E-state index contributed by atoms with van der Waals surface area (Å²) < 4.78 is 0. The Balaban J connectivity index is 2.46. The van der Waals surface area contributed by atoms with Crippen molar-refractivity contribution in [2.75, 3.05) is 12.4 Å². The molecule has 0 aliphatic heterocycles. The highest BCUT2D eigenvalue weighted by Crippen LogP contribution is 2.26. The standard InChI is InChI=1S/C11H9Cl2N3/c1-14-10-4-5-15-11(16-10)7-2-3-8(12)9(13)6-7/h2-6H,1H3,(H,14,15,16). The van der Waals surface area contributed by atoms with Crippen molar-refractivity contribution >= 4 is 29.0 Å². The van der Waals surface area contributed by atoms with E-state index < -0.39 is 0 Å². The molecule has 0 saturated heterocycles. The second kappa shape index (κ2) is 4.68. The number of nitrogens with zero attached hydrogens (tertiary/aromatic N) is 2. The number of rotatable bonds is 2. The van der Waals surface area contributed by atoms with E-state index in [9.17, 15) is 0 Å². The maximum atomic E-state index is 5.93. The summed E-state index contributed by atoms with van der Waals surface area (Å²) in [5.41, 5.74) is 0.839. The molecule has 0 saturated carbocycles. The Labute approximate surface area is 103 Å². The van der Waals surface area contributed by atoms with Gasteiger partial charge in [-0.1, -0.05) is 23.2 Å². The van der Waals surface area contributed by atoms with Crippen LogP contribution < -0.4 is 5.32 Å². The summed E-state index contributed by atoms with van der Waals surface area (Å²) in [6.07, 6.45) is 1.69. The second-order valence-electron chi connectivity index (χ2n) is 3.14. The van der Waals surface area contributed by atoms with Gasteiger partial charge >= 0.3 is 0 Å². The first-order valence-corrected chi connectivity index (χ1v) is 5.42. The number of benzene rings is 1. The van der Waals surface area contributed by atoms with Gasteiger partial charge in [0.2, 0.25) is 0 Å². The van der Waals surface area contributed by atoms with Crippen LogP contribution in [0.25, 0.3) is 11.4 Å². The highest BCUT2D eigenvalue weighted by molar-refractivity contribution is 6.42. The predicted octanol–water partition coefficient (Wildman–Crippen LogP) is 3.49. The summed E-state index contributed by atoms with van der Waals surface area (Å²) in [6.45, 7) is 0. The molecule has 5 heteroatoms. The van der Waals surface area contributed by atoms with Crippen molar-refractivity contribution in [2.24, 2.45) is 0 Å². The Bertz CT molecular complexity index is 514. The van der Waals surface area contributed by atoms with Crippen molar-refractivity contribution < 1.29 is 0 Å². The molecule has 1 aromatic carbocycles. The van der Waals surface area contributed by atoms with Gasteiger partial charge in [0.1, 0.15) is 5.82 Å². The number of anilines is 1. The lowest BCUT2D eigenvalue weighted by molar-refractivity contribution is 1.17. The van der Waals surface area contributed by atoms with Crippen LogP contribution in [0.15, 0.2) is 30.5 Å². The monoisotopic (exact) mass is 253 g/mol. The molecule has 3 nitrogen and oxygen atoms in total. The molecule has 2 aromatic rings. The van der Waals surface area contributed by atoms with Crippen molar-refractivity contribution in [2.45, 2.75) is 0 Å². The molecule has 1 aromatic heterocycles. The van der Waals surface area contributed by atoms with Gasteiger partial charge in [-0.15, -0.1) is 0 Å². The number of hydrogen-bond donors (Lipinski definition) is 1. The molecular weight excluding hydrogens is 245 g/mol. The van der Waals surface area contributed by atoms with Gasteiger partial charge in [-0.2, -0.15) is 0 Å². The molecule has 2 rings (SSSR count). The van der Waals surface area contributed by atoms with Crippen LogP contribution in [-0.4, -0.2) is 17.0 Å². The molecule has 0 fully saturated rings. The Morgan fingerprint density at radius 3 is 2.62 bits per heavy atom. The van der Waals surface area contributed by atoms with Gasteiger partial charge < -0.3 is 5.32 Å². The molecule has 82 valence electrons. The number of hydrogen-bond acceptors (Lipinski definition) is 3. The highest BCUT2D eigenvalue weighted by Gasteiger charge is 2.04. The Hall–Kier alpha value is -1.32. The van der Waals surface area contributed by atoms with Gasteiger partial charge in [0.25, 0.3) is 0 Å². The maximum Gasteiger partial charge on any atom is 0.161 e. The van der Waals surface area contributed by atoms with Gasteiger partial charge in [0, 0.05) is 18.8 Å². The maximum absolute atomic E-state index is 5.93. The molecule has 0 amide bonds. The molecule has 0 spiro atoms. The van der Waals surface area contributed by atoms with Gasteiger partial charge in [-0.25, -0.2) is 9.97 Å². The molecule has 1 heterocycles. The summed E-state index contributed by atoms with van der Waals surface area (Å²) >= 11 is 11.8. The first-order valence-electron chi connectivity index (χ1n) is 4.67. The van der Waals surface area contributed by atoms with E-state index in [4.69, 9.17) is 23.2 Å². The van der Waals surface area contributed by atoms with E-state index in [2.05, 4.69) is 15.3 Å². The minimum Gasteiger partial charge on any atom is -0.373 e. The summed E-state index contributed by atoms with van der Waals surface area (Å²) in [7, 11) is 1.81. The average Bonchev–Trinajstić information content (AvgIpc) is 2.33. The Kier molecular flexibility index (Phi) is 3.27. The van der Waals surface area contributed by atoms with Crippen LogP contribution in [0.2, 0.25) is 10.0 Å². The van der Waals surface area contributed by atoms with Crippen LogP contribution in [0.3, 0.4) is 0 Å². The molecule has 0 aliphatic rings. The van der Waals surface area contributed by atoms with E-state index in [-0.39, 0.29) is 0 Å². The zero-order valence-corrected chi connectivity index (χ0v) is 10.0. The third kappa shape index (κ3) is 2.26. The highest BCUT2D eigenvalue weighted by atomic mass is 35.5. The predicted molar refractivity (Wildman–Crippen MR) is 67.0 cm³/mol. The lowest BCUT2D eigenvalue weighted by atomic mass is 10.2. The minimum absolute atomic E-state index is 0.498. The SMILES string of the molecule is CNc1ccnc(-c2ccc(Cl)c(Cl)c2)n1. The lowest BCUT2D eigenvalue weighted by Crippen LogP contribution is -1.95. The fourth-order valence-corrected chi connectivity index (χ4v) is 1.57. The zero-order chi connectivity index (χ0) is 11.5. The largest absolute Gasteiger partial charge is 0.373 e. The van der Waals surface area contributed by atoms with Gasteiger partial charge in [0.15, 0.2) is 5.82 Å². The quantitative estimate of drug-likeness (QED) is 0.891. The molecule has 16 heavy (non-hydrogen) atoms. The van der Waals surface area contributed by atoms with Crippen molar-refractivity contribution in [3.63, 3.8) is 0 Å². The molecule has 1 N–H and O–H groups in total. The number of aromatic nitrogens is 2. The number of nitrogens with one attached hydrogen (secondary N) is 1. The fraction of sp³-hybridized carbons (Fsp3) is 0.0909. The summed E-state index contributed by atoms with van der Waals surface area (Å²) in [5, 5.41) is 3.97. The van der Waals surface area contributed by atoms with Crippen LogP contribution in [0.4, 0.5) is 5.82 Å². The molecule has 0 bridgehead atoms. The molecule has 0 atom stereocenters. The van der Waals surface area contributed by atoms with Crippen molar-refractivity contribution in [3.05, 3.63) is 40.5 Å². The summed E-state index contributed by atoms with van der Waals surface area (Å²) in [4.78, 5) is 8.48. The molecule has 0 aliphatic carbocycles. The van der Waals surface area contributed by atoms with E-state index in [1.54, 1.807) is 31.4 Å². The molecule has 0 unspecified atom stereocenters. The fourth-order valence-electron chi connectivity index (χ4n) is 1.27. The Morgan fingerprint density at radius 2 is 1.94 bits per heavy atom. The summed E-state index contributed by atoms with van der Waals surface area (Å²) in [5.74, 6) is 1.38. The molecule has 0 radical (unpaired) electrons. The lowest BCUT2D eigenvalue weighted by Gasteiger charge is -2.04. The Morgan fingerprint density at radius 1 is 1.12 bits per heavy atom. The van der Waals surface area contributed by atoms with Crippen molar-refractivity contribution in [1.82, 2.24) is 9.97 Å². The van der Waals surface area contributed by atoms with E-state index in [1.165, 1.54) is 0 Å². The van der Waals surface area contributed by atoms with E-state index >= 15 is 0 Å². The van der Waals surface area contributed by atoms with Crippen LogP contribution in [0.5, 0.6) is 0 Å². The van der Waals surface area contributed by atoms with Gasteiger partial charge in [0.05, 0.1) is 10.0 Å². The minimum atomic E-state index is 0.498. The third-order valence-electron chi connectivity index (χ3n) is 2.09. The van der Waals surface area contributed by atoms with E-state index in [0.29, 0.717) is 15.9 Å². The number of halogens is 2. The normalized spacial score (nSPS) is 10.2. The smallest absolute Gasteiger partial charge is 0.161 e. The van der Waals surface area contributed by atoms with Gasteiger partial charge in [-0.05, 0) is 24.3 Å². The van der Waals surface area contributed by atoms with Crippen LogP contribution in [0, 0.1) is 0 Å². The average molecular weight is 254 g/mol. The second-order valence-corrected chi connectivity index (χ2v) is 3.96. The van der Waals surface area contributed by atoms with Crippen LogP contribution in [0.1, 0.15) is 0 Å². The summed E-state index contributed by atoms with van der Waals surface area (Å²) in [6, 6.07) is 7.11. The van der Waals surface area contributed by atoms with Crippen LogP contribution in [-0.2, 0) is 0 Å². The zero-order valence-electron chi connectivity index (χ0n) is 8.54. The third-order valence-corrected chi connectivity index (χ3v) is 2.83. The first-order chi connectivity index (χ1) is 7.70. The van der Waals surface area contributed by atoms with E-state index in [1.807, 2.05) is 6.07 Å². The van der Waals surface area contributed by atoms with Crippen LogP contribution >= 0.6 is 23.2 Å². The molecular formula is C11H9Cl2N3. The van der Waals surface area contributed by atoms with Crippen molar-refractivity contribution in [1.29, 1.82) is 0 Å². The van der Waals surface area contributed by atoms with E-state index in [0.717, 1.165) is 11.4 Å². The van der Waals surface area contributed by atoms with Gasteiger partial charge in [-0.3, -0.25) is 0 Å².